The van der Waals surface area contributed by atoms with Gasteiger partial charge in [0, 0.05) is 31.5 Å². The van der Waals surface area contributed by atoms with Crippen LogP contribution in [0, 0.1) is 0 Å². The van der Waals surface area contributed by atoms with Gasteiger partial charge in [-0.05, 0) is 11.6 Å². The molecule has 0 unspecified atom stereocenters. The van der Waals surface area contributed by atoms with Gasteiger partial charge in [0.2, 0.25) is 0 Å². The lowest BCUT2D eigenvalue weighted by Gasteiger charge is -2.23. The summed E-state index contributed by atoms with van der Waals surface area (Å²) in [6.07, 6.45) is -1.03. The van der Waals surface area contributed by atoms with E-state index in [9.17, 15) is 14.4 Å². The smallest absolute Gasteiger partial charge is 0.303 e. The largest absolute Gasteiger partial charge is 0.463 e. The maximum Gasteiger partial charge on any atom is 0.303 e. The topological polar surface area (TPSA) is 132 Å². The molecule has 1 saturated heterocycles. The molecule has 0 aliphatic carbocycles. The van der Waals surface area contributed by atoms with Crippen LogP contribution in [0.1, 0.15) is 32.6 Å². The lowest BCUT2D eigenvalue weighted by molar-refractivity contribution is -0.166. The fourth-order valence-corrected chi connectivity index (χ4v) is 5.03. The van der Waals surface area contributed by atoms with E-state index in [2.05, 4.69) is 15.0 Å². The molecule has 0 N–H and O–H groups in total. The highest BCUT2D eigenvalue weighted by molar-refractivity contribution is 7.98. The van der Waals surface area contributed by atoms with E-state index in [1.807, 2.05) is 24.3 Å². The van der Waals surface area contributed by atoms with E-state index in [0.29, 0.717) is 27.0 Å². The highest BCUT2D eigenvalue weighted by Crippen LogP contribution is 2.37. The Hall–Kier alpha value is -3.22. The summed E-state index contributed by atoms with van der Waals surface area (Å²) < 4.78 is 23.7. The first-order valence-corrected chi connectivity index (χ1v) is 12.3. The van der Waals surface area contributed by atoms with Gasteiger partial charge in [-0.25, -0.2) is 15.0 Å². The minimum atomic E-state index is -1.04. The zero-order valence-electron chi connectivity index (χ0n) is 19.6. The molecule has 1 aliphatic rings. The third-order valence-electron chi connectivity index (χ3n) is 5.26. The predicted molar refractivity (Wildman–Crippen MR) is 128 cm³/mol. The van der Waals surface area contributed by atoms with Crippen LogP contribution in [0.25, 0.3) is 11.2 Å². The molecule has 1 aliphatic heterocycles. The van der Waals surface area contributed by atoms with Crippen molar-refractivity contribution >= 4 is 52.4 Å². The lowest BCUT2D eigenvalue weighted by atomic mass is 10.1. The number of carbonyl (C=O) groups excluding carboxylic acids is 3. The van der Waals surface area contributed by atoms with Gasteiger partial charge >= 0.3 is 17.9 Å². The van der Waals surface area contributed by atoms with Crippen LogP contribution < -0.4 is 0 Å². The fourth-order valence-electron chi connectivity index (χ4n) is 3.80. The van der Waals surface area contributed by atoms with Gasteiger partial charge in [0.1, 0.15) is 29.6 Å². The molecule has 3 heterocycles. The van der Waals surface area contributed by atoms with Crippen molar-refractivity contribution in [3.05, 3.63) is 47.5 Å². The molecule has 0 bridgehead atoms. The van der Waals surface area contributed by atoms with Crippen LogP contribution >= 0.6 is 23.4 Å². The van der Waals surface area contributed by atoms with Crippen molar-refractivity contribution in [3.63, 3.8) is 0 Å². The van der Waals surface area contributed by atoms with Crippen LogP contribution in [0.5, 0.6) is 0 Å². The van der Waals surface area contributed by atoms with Crippen LogP contribution in [-0.4, -0.2) is 62.3 Å². The zero-order valence-corrected chi connectivity index (χ0v) is 21.2. The molecule has 36 heavy (non-hydrogen) atoms. The molecule has 13 heteroatoms. The molecule has 3 aromatic rings. The molecule has 0 amide bonds. The highest BCUT2D eigenvalue weighted by Gasteiger charge is 2.51. The summed E-state index contributed by atoms with van der Waals surface area (Å²) in [6.45, 7) is 3.50. The van der Waals surface area contributed by atoms with E-state index < -0.39 is 42.4 Å². The predicted octanol–water partition coefficient (Wildman–Crippen LogP) is 3.10. The number of carbonyl (C=O) groups is 3. The average Bonchev–Trinajstić information content (AvgIpc) is 3.38. The number of rotatable bonds is 8. The molecule has 4 rings (SSSR count). The Bertz CT molecular complexity index is 1290. The monoisotopic (exact) mass is 534 g/mol. The van der Waals surface area contributed by atoms with E-state index in [-0.39, 0.29) is 6.61 Å². The summed E-state index contributed by atoms with van der Waals surface area (Å²) in [5.41, 5.74) is 1.87. The van der Waals surface area contributed by atoms with Crippen molar-refractivity contribution in [2.75, 3.05) is 6.61 Å². The Morgan fingerprint density at radius 2 is 1.75 bits per heavy atom. The Morgan fingerprint density at radius 3 is 2.44 bits per heavy atom. The first-order chi connectivity index (χ1) is 17.2. The lowest BCUT2D eigenvalue weighted by Crippen LogP contribution is -2.40. The average molecular weight is 535 g/mol. The van der Waals surface area contributed by atoms with Crippen LogP contribution in [0.2, 0.25) is 5.02 Å². The number of benzene rings is 1. The second kappa shape index (κ2) is 11.2. The van der Waals surface area contributed by atoms with E-state index in [1.54, 1.807) is 4.57 Å². The standard InChI is InChI=1S/C23H23ClN4O7S/c1-12(29)32-8-17-19(33-13(2)30)20(34-14(3)31)23(35-17)28-11-27-18-21(28)25-10-26-22(18)36-9-15-6-4-5-7-16(15)24/h4-7,10-11,17,19-20,23H,8-9H2,1-3H3/t17-,19-,20-,23-/m1/s1. The van der Waals surface area contributed by atoms with Crippen LogP contribution in [0.4, 0.5) is 0 Å². The Labute approximate surface area is 215 Å². The Morgan fingerprint density at radius 1 is 1.03 bits per heavy atom. The maximum atomic E-state index is 11.9. The number of imidazole rings is 1. The van der Waals surface area contributed by atoms with Gasteiger partial charge in [0.25, 0.3) is 0 Å². The van der Waals surface area contributed by atoms with Crippen molar-refractivity contribution in [3.8, 4) is 0 Å². The molecular weight excluding hydrogens is 512 g/mol. The van der Waals surface area contributed by atoms with E-state index >= 15 is 0 Å². The molecule has 11 nitrogen and oxygen atoms in total. The summed E-state index contributed by atoms with van der Waals surface area (Å²) in [5.74, 6) is -1.18. The number of aromatic nitrogens is 4. The summed E-state index contributed by atoms with van der Waals surface area (Å²) in [5, 5.41) is 1.27. The van der Waals surface area contributed by atoms with Crippen molar-refractivity contribution in [2.24, 2.45) is 0 Å². The maximum absolute atomic E-state index is 11.9. The molecule has 2 aromatic heterocycles. The highest BCUT2D eigenvalue weighted by atomic mass is 35.5. The van der Waals surface area contributed by atoms with Crippen LogP contribution in [0.3, 0.4) is 0 Å². The Balaban J connectivity index is 1.66. The van der Waals surface area contributed by atoms with Crippen molar-refractivity contribution in [1.82, 2.24) is 19.5 Å². The van der Waals surface area contributed by atoms with Crippen molar-refractivity contribution in [1.29, 1.82) is 0 Å². The molecule has 0 saturated carbocycles. The number of esters is 3. The van der Waals surface area contributed by atoms with Gasteiger partial charge in [-0.1, -0.05) is 41.6 Å². The molecular formula is C23H23ClN4O7S. The normalized spacial score (nSPS) is 21.3. The summed E-state index contributed by atoms with van der Waals surface area (Å²) in [6, 6.07) is 7.52. The number of fused-ring (bicyclic) bond motifs is 1. The van der Waals surface area contributed by atoms with E-state index in [0.717, 1.165) is 5.56 Å². The molecule has 4 atom stereocenters. The number of hydrogen-bond donors (Lipinski definition) is 0. The number of halogens is 1. The van der Waals surface area contributed by atoms with Gasteiger partial charge < -0.3 is 18.9 Å². The second-order valence-corrected chi connectivity index (χ2v) is 9.27. The Kier molecular flexibility index (Phi) is 8.07. The number of thioether (sulfide) groups is 1. The minimum Gasteiger partial charge on any atom is -0.463 e. The third kappa shape index (κ3) is 5.77. The SMILES string of the molecule is CC(=O)OC[C@H]1O[C@@H](n2cnc3c(SCc4ccccc4Cl)ncnc32)[C@H](OC(C)=O)[C@@H]1OC(C)=O. The first kappa shape index (κ1) is 25.9. The van der Waals surface area contributed by atoms with Gasteiger partial charge in [-0.3, -0.25) is 19.0 Å². The van der Waals surface area contributed by atoms with Crippen molar-refractivity contribution < 1.29 is 33.3 Å². The van der Waals surface area contributed by atoms with Gasteiger partial charge in [-0.2, -0.15) is 0 Å². The summed E-state index contributed by atoms with van der Waals surface area (Å²) >= 11 is 7.71. The second-order valence-electron chi connectivity index (χ2n) is 7.90. The third-order valence-corrected chi connectivity index (χ3v) is 6.66. The zero-order chi connectivity index (χ0) is 25.8. The van der Waals surface area contributed by atoms with Gasteiger partial charge in [0.05, 0.1) is 6.33 Å². The number of ether oxygens (including phenoxy) is 4. The molecule has 0 spiro atoms. The minimum absolute atomic E-state index is 0.206. The van der Waals surface area contributed by atoms with E-state index in [1.165, 1.54) is 45.2 Å². The van der Waals surface area contributed by atoms with Crippen LogP contribution in [0.15, 0.2) is 41.9 Å². The first-order valence-electron chi connectivity index (χ1n) is 10.9. The quantitative estimate of drug-likeness (QED) is 0.183. The summed E-state index contributed by atoms with van der Waals surface area (Å²) in [7, 11) is 0. The molecule has 190 valence electrons. The van der Waals surface area contributed by atoms with E-state index in [4.69, 9.17) is 30.5 Å². The van der Waals surface area contributed by atoms with Crippen molar-refractivity contribution in [2.45, 2.75) is 56.1 Å². The molecule has 0 radical (unpaired) electrons. The number of nitrogens with zero attached hydrogens (tertiary/aromatic N) is 4. The number of hydrogen-bond acceptors (Lipinski definition) is 11. The van der Waals surface area contributed by atoms with Gasteiger partial charge in [0.15, 0.2) is 24.1 Å². The molecule has 1 aromatic carbocycles. The van der Waals surface area contributed by atoms with Gasteiger partial charge in [-0.15, -0.1) is 0 Å². The van der Waals surface area contributed by atoms with Crippen LogP contribution in [-0.2, 0) is 39.1 Å². The fraction of sp³-hybridized carbons (Fsp3) is 0.391. The summed E-state index contributed by atoms with van der Waals surface area (Å²) in [4.78, 5) is 48.3. The molecule has 1 fully saturated rings.